The first-order chi connectivity index (χ1) is 17.8. The van der Waals surface area contributed by atoms with Gasteiger partial charge in [-0.25, -0.2) is 9.78 Å². The number of nitrogens with one attached hydrogen (secondary N) is 2. The Labute approximate surface area is 220 Å². The van der Waals surface area contributed by atoms with E-state index in [1.807, 2.05) is 45.0 Å². The highest BCUT2D eigenvalue weighted by molar-refractivity contribution is 5.87. The molecule has 1 aromatic heterocycles. The van der Waals surface area contributed by atoms with Crippen LogP contribution in [0.2, 0.25) is 0 Å². The van der Waals surface area contributed by atoms with Crippen molar-refractivity contribution in [2.45, 2.75) is 83.0 Å². The average Bonchev–Trinajstić information content (AvgIpc) is 2.88. The van der Waals surface area contributed by atoms with E-state index in [-0.39, 0.29) is 5.97 Å². The molecule has 0 amide bonds. The Bertz CT molecular complexity index is 1120. The van der Waals surface area contributed by atoms with E-state index in [0.29, 0.717) is 23.7 Å². The van der Waals surface area contributed by atoms with E-state index in [2.05, 4.69) is 38.7 Å². The Morgan fingerprint density at radius 2 is 1.86 bits per heavy atom. The van der Waals surface area contributed by atoms with Gasteiger partial charge in [-0.3, -0.25) is 0 Å². The van der Waals surface area contributed by atoms with Crippen LogP contribution in [0.25, 0.3) is 6.08 Å². The summed E-state index contributed by atoms with van der Waals surface area (Å²) in [6.07, 6.45) is 12.0. The molecule has 4 rings (SSSR count). The highest BCUT2D eigenvalue weighted by Crippen LogP contribution is 2.25. The van der Waals surface area contributed by atoms with Crippen molar-refractivity contribution in [2.24, 2.45) is 0 Å². The van der Waals surface area contributed by atoms with Crippen molar-refractivity contribution in [3.8, 4) is 6.07 Å². The Kier molecular flexibility index (Phi) is 8.83. The zero-order valence-corrected chi connectivity index (χ0v) is 22.2. The molecule has 3 atom stereocenters. The molecular weight excluding hydrogens is 462 g/mol. The van der Waals surface area contributed by atoms with E-state index in [4.69, 9.17) is 10.00 Å². The van der Waals surface area contributed by atoms with Crippen molar-refractivity contribution in [3.63, 3.8) is 0 Å². The summed E-state index contributed by atoms with van der Waals surface area (Å²) in [5.41, 5.74) is 2.29. The fraction of sp³-hybridized carbons (Fsp3) is 0.500. The molecule has 0 radical (unpaired) electrons. The summed E-state index contributed by atoms with van der Waals surface area (Å²) < 4.78 is 5.36. The average molecular weight is 502 g/mol. The third kappa shape index (κ3) is 8.06. The lowest BCUT2D eigenvalue weighted by Crippen LogP contribution is -2.55. The summed E-state index contributed by atoms with van der Waals surface area (Å²) in [6, 6.07) is 15.1. The number of nitrogens with zero attached hydrogens (tertiary/aromatic N) is 3. The summed E-state index contributed by atoms with van der Waals surface area (Å²) in [5.74, 6) is 0.478. The second kappa shape index (κ2) is 12.2. The maximum atomic E-state index is 12.0. The molecule has 0 unspecified atom stereocenters. The molecular formula is C30H39N5O2. The van der Waals surface area contributed by atoms with Gasteiger partial charge in [0.25, 0.3) is 0 Å². The van der Waals surface area contributed by atoms with Gasteiger partial charge in [0.05, 0.1) is 11.6 Å². The first-order valence-corrected chi connectivity index (χ1v) is 13.4. The van der Waals surface area contributed by atoms with Crippen LogP contribution in [0.15, 0.2) is 48.7 Å². The number of rotatable bonds is 7. The smallest absolute Gasteiger partial charge is 0.331 e. The molecule has 1 aromatic carbocycles. The largest absolute Gasteiger partial charge is 0.457 e. The number of pyridine rings is 1. The SMILES string of the molecule is CC(C)(C)OC(=O)/C=C/c1ccnc(N[C@@H]2CCCC[C@H]2N[C@H]2CCCN(c3ccc(C#N)cc3)C2)c1. The highest BCUT2D eigenvalue weighted by Gasteiger charge is 2.29. The van der Waals surface area contributed by atoms with Crippen LogP contribution in [-0.2, 0) is 9.53 Å². The summed E-state index contributed by atoms with van der Waals surface area (Å²) in [7, 11) is 0. The van der Waals surface area contributed by atoms with E-state index < -0.39 is 5.60 Å². The van der Waals surface area contributed by atoms with Gasteiger partial charge in [-0.15, -0.1) is 0 Å². The number of esters is 1. The number of anilines is 2. The van der Waals surface area contributed by atoms with Crippen molar-refractivity contribution in [1.82, 2.24) is 10.3 Å². The van der Waals surface area contributed by atoms with E-state index in [0.717, 1.165) is 43.7 Å². The number of hydrogen-bond acceptors (Lipinski definition) is 7. The standard InChI is InChI=1S/C30H39N5O2/c1-30(2,3)37-29(36)15-12-22-16-17-32-28(19-22)34-27-9-5-4-8-26(27)33-24-7-6-18-35(21-24)25-13-10-23(20-31)11-14-25/h10-17,19,24,26-27,33H,4-9,18,21H2,1-3H3,(H,32,34)/b15-12+/t24-,26+,27+/m0/s1. The Balaban J connectivity index is 1.36. The number of ether oxygens (including phenoxy) is 1. The van der Waals surface area contributed by atoms with Crippen LogP contribution in [0.5, 0.6) is 0 Å². The fourth-order valence-electron chi connectivity index (χ4n) is 5.22. The van der Waals surface area contributed by atoms with Crippen molar-refractivity contribution < 1.29 is 9.53 Å². The van der Waals surface area contributed by atoms with Crippen LogP contribution in [-0.4, -0.2) is 47.8 Å². The van der Waals surface area contributed by atoms with E-state index in [1.54, 1.807) is 12.3 Å². The molecule has 1 aliphatic heterocycles. The van der Waals surface area contributed by atoms with Gasteiger partial charge in [-0.1, -0.05) is 12.8 Å². The number of carbonyl (C=O) groups is 1. The van der Waals surface area contributed by atoms with Crippen LogP contribution in [0.4, 0.5) is 11.5 Å². The molecule has 0 spiro atoms. The third-order valence-electron chi connectivity index (χ3n) is 6.93. The minimum Gasteiger partial charge on any atom is -0.457 e. The molecule has 2 aliphatic rings. The van der Waals surface area contributed by atoms with Gasteiger partial charge in [0.2, 0.25) is 0 Å². The second-order valence-corrected chi connectivity index (χ2v) is 11.1. The maximum Gasteiger partial charge on any atom is 0.331 e. The lowest BCUT2D eigenvalue weighted by Gasteiger charge is -2.40. The normalized spacial score (nSPS) is 22.4. The molecule has 2 N–H and O–H groups in total. The molecule has 1 saturated heterocycles. The first kappa shape index (κ1) is 26.7. The molecule has 1 aliphatic carbocycles. The van der Waals surface area contributed by atoms with Crippen molar-refractivity contribution in [3.05, 3.63) is 59.8 Å². The summed E-state index contributed by atoms with van der Waals surface area (Å²) in [6.45, 7) is 7.60. The van der Waals surface area contributed by atoms with Crippen molar-refractivity contribution >= 4 is 23.6 Å². The van der Waals surface area contributed by atoms with Crippen LogP contribution in [0, 0.1) is 11.3 Å². The topological polar surface area (TPSA) is 90.3 Å². The van der Waals surface area contributed by atoms with Gasteiger partial charge in [0, 0.05) is 49.2 Å². The Morgan fingerprint density at radius 3 is 2.59 bits per heavy atom. The molecule has 37 heavy (non-hydrogen) atoms. The molecule has 7 heteroatoms. The number of aromatic nitrogens is 1. The lowest BCUT2D eigenvalue weighted by atomic mass is 9.89. The van der Waals surface area contributed by atoms with Gasteiger partial charge in [0.1, 0.15) is 11.4 Å². The third-order valence-corrected chi connectivity index (χ3v) is 6.93. The van der Waals surface area contributed by atoms with Gasteiger partial charge >= 0.3 is 5.97 Å². The van der Waals surface area contributed by atoms with E-state index in [9.17, 15) is 4.79 Å². The van der Waals surface area contributed by atoms with Crippen molar-refractivity contribution in [1.29, 1.82) is 5.26 Å². The Hall–Kier alpha value is -3.37. The predicted octanol–water partition coefficient (Wildman–Crippen LogP) is 5.29. The van der Waals surface area contributed by atoms with E-state index >= 15 is 0 Å². The van der Waals surface area contributed by atoms with E-state index in [1.165, 1.54) is 31.0 Å². The molecule has 7 nitrogen and oxygen atoms in total. The quantitative estimate of drug-likeness (QED) is 0.393. The zero-order chi connectivity index (χ0) is 26.3. The fourth-order valence-corrected chi connectivity index (χ4v) is 5.22. The molecule has 2 fully saturated rings. The van der Waals surface area contributed by atoms with Crippen LogP contribution in [0.1, 0.15) is 70.4 Å². The number of hydrogen-bond donors (Lipinski definition) is 2. The van der Waals surface area contributed by atoms with Gasteiger partial charge in [-0.05, 0) is 94.5 Å². The van der Waals surface area contributed by atoms with Crippen molar-refractivity contribution in [2.75, 3.05) is 23.3 Å². The second-order valence-electron chi connectivity index (χ2n) is 11.1. The molecule has 2 aromatic rings. The lowest BCUT2D eigenvalue weighted by molar-refractivity contribution is -0.148. The molecule has 0 bridgehead atoms. The minimum atomic E-state index is -0.507. The van der Waals surface area contributed by atoms with Gasteiger partial charge < -0.3 is 20.3 Å². The van der Waals surface area contributed by atoms with Crippen LogP contribution >= 0.6 is 0 Å². The molecule has 196 valence electrons. The summed E-state index contributed by atoms with van der Waals surface area (Å²) in [4.78, 5) is 19.0. The number of carbonyl (C=O) groups excluding carboxylic acids is 1. The predicted molar refractivity (Wildman–Crippen MR) is 148 cm³/mol. The van der Waals surface area contributed by atoms with Gasteiger partial charge in [-0.2, -0.15) is 5.26 Å². The molecule has 2 heterocycles. The minimum absolute atomic E-state index is 0.302. The summed E-state index contributed by atoms with van der Waals surface area (Å²) in [5, 5.41) is 16.7. The summed E-state index contributed by atoms with van der Waals surface area (Å²) >= 11 is 0. The molecule has 1 saturated carbocycles. The van der Waals surface area contributed by atoms with Crippen LogP contribution < -0.4 is 15.5 Å². The zero-order valence-electron chi connectivity index (χ0n) is 22.2. The first-order valence-electron chi connectivity index (χ1n) is 13.4. The number of benzene rings is 1. The Morgan fingerprint density at radius 1 is 1.11 bits per heavy atom. The highest BCUT2D eigenvalue weighted by atomic mass is 16.6. The number of piperidine rings is 1. The van der Waals surface area contributed by atoms with Gasteiger partial charge in [0.15, 0.2) is 0 Å². The number of nitriles is 1. The van der Waals surface area contributed by atoms with Crippen LogP contribution in [0.3, 0.4) is 0 Å². The monoisotopic (exact) mass is 501 g/mol. The maximum absolute atomic E-state index is 12.0.